The van der Waals surface area contributed by atoms with Crippen LogP contribution in [0.1, 0.15) is 36.8 Å². The highest BCUT2D eigenvalue weighted by atomic mass is 16.3. The van der Waals surface area contributed by atoms with Gasteiger partial charge in [-0.1, -0.05) is 24.6 Å². The topological polar surface area (TPSA) is 80.9 Å². The van der Waals surface area contributed by atoms with Crippen molar-refractivity contribution >= 4 is 0 Å². The van der Waals surface area contributed by atoms with Gasteiger partial charge in [0.2, 0.25) is 0 Å². The highest BCUT2D eigenvalue weighted by Crippen LogP contribution is 2.25. The molecular formula is C19H24O4. The Morgan fingerprint density at radius 1 is 0.696 bits per heavy atom. The number of rotatable bonds is 8. The Balaban J connectivity index is 1.63. The fourth-order valence-corrected chi connectivity index (χ4v) is 2.57. The molecule has 2 aromatic rings. The van der Waals surface area contributed by atoms with Crippen LogP contribution in [0.5, 0.6) is 17.2 Å². The Morgan fingerprint density at radius 2 is 1.39 bits per heavy atom. The average molecular weight is 316 g/mol. The van der Waals surface area contributed by atoms with Crippen LogP contribution in [-0.4, -0.2) is 26.5 Å². The first-order valence-corrected chi connectivity index (χ1v) is 8.01. The third kappa shape index (κ3) is 5.83. The Labute approximate surface area is 136 Å². The molecule has 4 heteroatoms. The van der Waals surface area contributed by atoms with E-state index in [2.05, 4.69) is 0 Å². The summed E-state index contributed by atoms with van der Waals surface area (Å²) in [6.07, 6.45) is 4.61. The number of hydrogen-bond donors (Lipinski definition) is 4. The zero-order chi connectivity index (χ0) is 16.7. The van der Waals surface area contributed by atoms with E-state index in [0.717, 1.165) is 43.2 Å². The zero-order valence-electron chi connectivity index (χ0n) is 13.2. The molecule has 23 heavy (non-hydrogen) atoms. The zero-order valence-corrected chi connectivity index (χ0v) is 13.2. The van der Waals surface area contributed by atoms with Crippen LogP contribution in [0, 0.1) is 0 Å². The van der Waals surface area contributed by atoms with Crippen molar-refractivity contribution in [3.63, 3.8) is 0 Å². The number of phenols is 3. The molecule has 0 spiro atoms. The Bertz CT molecular complexity index is 607. The Kier molecular flexibility index (Phi) is 6.29. The fourth-order valence-electron chi connectivity index (χ4n) is 2.57. The minimum atomic E-state index is -0.322. The number of aromatic hydroxyl groups is 3. The van der Waals surface area contributed by atoms with E-state index in [-0.39, 0.29) is 23.4 Å². The van der Waals surface area contributed by atoms with Gasteiger partial charge in [0, 0.05) is 0 Å². The molecule has 0 aliphatic carbocycles. The quantitative estimate of drug-likeness (QED) is 0.444. The lowest BCUT2D eigenvalue weighted by atomic mass is 10.0. The highest BCUT2D eigenvalue weighted by molar-refractivity contribution is 5.40. The molecule has 0 fully saturated rings. The summed E-state index contributed by atoms with van der Waals surface area (Å²) in [5, 5.41) is 37.9. The summed E-state index contributed by atoms with van der Waals surface area (Å²) in [6, 6.07) is 12.0. The number of benzene rings is 2. The summed E-state index contributed by atoms with van der Waals surface area (Å²) in [7, 11) is 0. The van der Waals surface area contributed by atoms with E-state index in [1.54, 1.807) is 24.3 Å². The van der Waals surface area contributed by atoms with Gasteiger partial charge < -0.3 is 20.4 Å². The van der Waals surface area contributed by atoms with Gasteiger partial charge in [-0.15, -0.1) is 0 Å². The largest absolute Gasteiger partial charge is 0.508 e. The van der Waals surface area contributed by atoms with E-state index in [9.17, 15) is 20.4 Å². The van der Waals surface area contributed by atoms with Gasteiger partial charge in [0.05, 0.1) is 6.10 Å². The first kappa shape index (κ1) is 17.2. The molecule has 0 aliphatic heterocycles. The predicted octanol–water partition coefficient (Wildman–Crippen LogP) is 3.51. The number of aliphatic hydroxyl groups is 1. The van der Waals surface area contributed by atoms with Crippen molar-refractivity contribution in [2.24, 2.45) is 0 Å². The second kappa shape index (κ2) is 8.44. The van der Waals surface area contributed by atoms with Crippen LogP contribution < -0.4 is 0 Å². The summed E-state index contributed by atoms with van der Waals surface area (Å²) >= 11 is 0. The van der Waals surface area contributed by atoms with Crippen LogP contribution in [0.4, 0.5) is 0 Å². The Morgan fingerprint density at radius 3 is 2.09 bits per heavy atom. The first-order chi connectivity index (χ1) is 11.0. The summed E-state index contributed by atoms with van der Waals surface area (Å²) in [5.74, 6) is 0.0735. The van der Waals surface area contributed by atoms with Crippen molar-refractivity contribution in [3.05, 3.63) is 53.6 Å². The normalized spacial score (nSPS) is 12.2. The molecule has 1 unspecified atom stereocenters. The van der Waals surface area contributed by atoms with E-state index in [1.165, 1.54) is 6.07 Å². The molecule has 0 aliphatic rings. The van der Waals surface area contributed by atoms with Crippen molar-refractivity contribution in [2.75, 3.05) is 0 Å². The average Bonchev–Trinajstić information content (AvgIpc) is 2.54. The summed E-state index contributed by atoms with van der Waals surface area (Å²) < 4.78 is 0. The maximum absolute atomic E-state index is 10.0. The van der Waals surface area contributed by atoms with Gasteiger partial charge in [-0.05, 0) is 67.5 Å². The molecule has 0 saturated heterocycles. The molecule has 0 bridgehead atoms. The molecule has 0 radical (unpaired) electrons. The van der Waals surface area contributed by atoms with Gasteiger partial charge >= 0.3 is 0 Å². The first-order valence-electron chi connectivity index (χ1n) is 8.01. The Hall–Kier alpha value is -2.20. The van der Waals surface area contributed by atoms with Gasteiger partial charge in [0.25, 0.3) is 0 Å². The van der Waals surface area contributed by atoms with E-state index in [0.29, 0.717) is 6.42 Å². The van der Waals surface area contributed by atoms with Crippen LogP contribution in [-0.2, 0) is 12.8 Å². The highest BCUT2D eigenvalue weighted by Gasteiger charge is 2.06. The third-order valence-electron chi connectivity index (χ3n) is 4.00. The number of phenolic OH excluding ortho intramolecular Hbond substituents is 3. The number of aliphatic hydroxyl groups excluding tert-OH is 1. The van der Waals surface area contributed by atoms with Crippen LogP contribution >= 0.6 is 0 Å². The standard InChI is InChI=1S/C19H24O4/c20-16(9-5-14-6-10-17(21)11-7-14)4-2-1-3-15-8-12-18(22)19(23)13-15/h6-8,10-13,16,20-23H,1-5,9H2. The number of aryl methyl sites for hydroxylation is 2. The van der Waals surface area contributed by atoms with Crippen molar-refractivity contribution in [1.82, 2.24) is 0 Å². The van der Waals surface area contributed by atoms with Crippen molar-refractivity contribution in [3.8, 4) is 17.2 Å². The van der Waals surface area contributed by atoms with Crippen molar-refractivity contribution < 1.29 is 20.4 Å². The summed E-state index contributed by atoms with van der Waals surface area (Å²) in [4.78, 5) is 0. The molecule has 2 aromatic carbocycles. The predicted molar refractivity (Wildman–Crippen MR) is 89.8 cm³/mol. The van der Waals surface area contributed by atoms with Crippen molar-refractivity contribution in [1.29, 1.82) is 0 Å². The minimum Gasteiger partial charge on any atom is -0.508 e. The van der Waals surface area contributed by atoms with Crippen LogP contribution in [0.15, 0.2) is 42.5 Å². The SMILES string of the molecule is Oc1ccc(CCC(O)CCCCc2ccc(O)c(O)c2)cc1. The van der Waals surface area contributed by atoms with Crippen LogP contribution in [0.2, 0.25) is 0 Å². The fraction of sp³-hybridized carbons (Fsp3) is 0.368. The van der Waals surface area contributed by atoms with Gasteiger partial charge in [-0.25, -0.2) is 0 Å². The lowest BCUT2D eigenvalue weighted by Gasteiger charge is -2.10. The summed E-state index contributed by atoms with van der Waals surface area (Å²) in [6.45, 7) is 0. The monoisotopic (exact) mass is 316 g/mol. The maximum Gasteiger partial charge on any atom is 0.157 e. The number of unbranched alkanes of at least 4 members (excludes halogenated alkanes) is 1. The molecule has 0 saturated carbocycles. The van der Waals surface area contributed by atoms with E-state index >= 15 is 0 Å². The molecule has 0 heterocycles. The molecule has 1 atom stereocenters. The molecular weight excluding hydrogens is 292 g/mol. The molecule has 0 amide bonds. The molecule has 4 N–H and O–H groups in total. The van der Waals surface area contributed by atoms with Crippen molar-refractivity contribution in [2.45, 2.75) is 44.6 Å². The lowest BCUT2D eigenvalue weighted by molar-refractivity contribution is 0.151. The van der Waals surface area contributed by atoms with Gasteiger partial charge in [0.1, 0.15) is 5.75 Å². The maximum atomic E-state index is 10.0. The minimum absolute atomic E-state index is 0.0866. The molecule has 124 valence electrons. The molecule has 0 aromatic heterocycles. The van der Waals surface area contributed by atoms with Gasteiger partial charge in [0.15, 0.2) is 11.5 Å². The lowest BCUT2D eigenvalue weighted by Crippen LogP contribution is -2.08. The number of hydrogen-bond acceptors (Lipinski definition) is 4. The second-order valence-corrected chi connectivity index (χ2v) is 5.93. The van der Waals surface area contributed by atoms with Gasteiger partial charge in [-0.2, -0.15) is 0 Å². The van der Waals surface area contributed by atoms with Crippen LogP contribution in [0.25, 0.3) is 0 Å². The van der Waals surface area contributed by atoms with E-state index in [1.807, 2.05) is 12.1 Å². The summed E-state index contributed by atoms with van der Waals surface area (Å²) in [5.41, 5.74) is 2.10. The van der Waals surface area contributed by atoms with Crippen LogP contribution in [0.3, 0.4) is 0 Å². The molecule has 4 nitrogen and oxygen atoms in total. The third-order valence-corrected chi connectivity index (χ3v) is 4.00. The van der Waals surface area contributed by atoms with E-state index in [4.69, 9.17) is 0 Å². The molecule has 2 rings (SSSR count). The van der Waals surface area contributed by atoms with Gasteiger partial charge in [-0.3, -0.25) is 0 Å². The van der Waals surface area contributed by atoms with E-state index < -0.39 is 0 Å². The smallest absolute Gasteiger partial charge is 0.157 e. The second-order valence-electron chi connectivity index (χ2n) is 5.93.